The van der Waals surface area contributed by atoms with Gasteiger partial charge in [0.05, 0.1) is 22.7 Å². The molecular formula is C80H53B2N5O2. The fraction of sp³-hybridized carbons (Fsp3) is 0. The van der Waals surface area contributed by atoms with E-state index in [0.29, 0.717) is 0 Å². The van der Waals surface area contributed by atoms with E-state index in [1.54, 1.807) is 0 Å². The Labute approximate surface area is 518 Å². The lowest BCUT2D eigenvalue weighted by molar-refractivity contribution is 0.486. The summed E-state index contributed by atoms with van der Waals surface area (Å²) in [5.74, 6) is 3.30. The van der Waals surface area contributed by atoms with E-state index in [-0.39, 0.29) is 13.4 Å². The second kappa shape index (κ2) is 20.5. The van der Waals surface area contributed by atoms with Crippen molar-refractivity contribution in [3.63, 3.8) is 0 Å². The summed E-state index contributed by atoms with van der Waals surface area (Å²) in [7, 11) is 0. The van der Waals surface area contributed by atoms with Gasteiger partial charge in [-0.2, -0.15) is 0 Å². The standard InChI is InChI=1S/C80H53B2N5O2/c1-8-27-55(28-9-1)83(56-29-10-2-11-30-56)62-48-73-78-76(50-62)88-75-43-25-23-41-65(75)81(78)67-52-68-72(53-71(67)86(73)60-37-18-6-19-38-60)87(61-39-20-7-21-40-61)74-49-63(84(57-31-12-3-13-32-57)58-33-14-4-15-34-58)51-77-79(74)82(68)66-46-47-70-64(80(66)89-77)45-44-54-26-22-24-42-69(54)85(70)59-35-16-5-17-36-59/h1-53H. The quantitative estimate of drug-likeness (QED) is 0.133. The van der Waals surface area contributed by atoms with Crippen molar-refractivity contribution in [2.24, 2.45) is 0 Å². The van der Waals surface area contributed by atoms with Crippen LogP contribution in [0, 0.1) is 0 Å². The summed E-state index contributed by atoms with van der Waals surface area (Å²) in [5.41, 5.74) is 24.6. The maximum Gasteiger partial charge on any atom is 0.256 e. The van der Waals surface area contributed by atoms with Gasteiger partial charge in [-0.15, -0.1) is 0 Å². The molecule has 0 saturated carbocycles. The van der Waals surface area contributed by atoms with Crippen molar-refractivity contribution >= 4 is 144 Å². The van der Waals surface area contributed by atoms with Crippen LogP contribution < -0.4 is 66.8 Å². The third kappa shape index (κ3) is 8.09. The van der Waals surface area contributed by atoms with Gasteiger partial charge in [-0.25, -0.2) is 0 Å². The molecule has 0 spiro atoms. The number of hydrogen-bond donors (Lipinski definition) is 0. The van der Waals surface area contributed by atoms with Crippen LogP contribution in [0.5, 0.6) is 23.0 Å². The van der Waals surface area contributed by atoms with Crippen LogP contribution in [0.15, 0.2) is 309 Å². The van der Waals surface area contributed by atoms with Gasteiger partial charge in [0, 0.05) is 80.3 Å². The molecule has 0 aromatic heterocycles. The number of fused-ring (bicyclic) bond motifs is 11. The maximum absolute atomic E-state index is 7.81. The molecule has 5 aliphatic heterocycles. The number of benzene rings is 13. The second-order valence-electron chi connectivity index (χ2n) is 23.2. The molecular weight excluding hydrogens is 1080 g/mol. The Morgan fingerprint density at radius 3 is 1.18 bits per heavy atom. The Bertz CT molecular complexity index is 4870. The molecule has 13 aromatic rings. The summed E-state index contributed by atoms with van der Waals surface area (Å²) in [6.45, 7) is -0.476. The van der Waals surface area contributed by atoms with Crippen molar-refractivity contribution in [3.8, 4) is 23.0 Å². The largest absolute Gasteiger partial charge is 0.458 e. The first-order valence-corrected chi connectivity index (χ1v) is 30.5. The number of hydrogen-bond acceptors (Lipinski definition) is 7. The van der Waals surface area contributed by atoms with E-state index in [2.05, 4.69) is 346 Å². The number of ether oxygens (including phenoxy) is 2. The van der Waals surface area contributed by atoms with Crippen molar-refractivity contribution in [1.29, 1.82) is 0 Å². The van der Waals surface area contributed by atoms with Gasteiger partial charge in [-0.3, -0.25) is 0 Å². The van der Waals surface area contributed by atoms with Crippen LogP contribution in [0.2, 0.25) is 0 Å². The van der Waals surface area contributed by atoms with Gasteiger partial charge in [0.25, 0.3) is 13.4 Å². The number of para-hydroxylation sites is 9. The van der Waals surface area contributed by atoms with Crippen LogP contribution in [-0.4, -0.2) is 13.4 Å². The summed E-state index contributed by atoms with van der Waals surface area (Å²) >= 11 is 0. The minimum atomic E-state index is -0.275. The fourth-order valence-corrected chi connectivity index (χ4v) is 14.5. The molecule has 5 heterocycles. The number of nitrogens with zero attached hydrogens (tertiary/aromatic N) is 5. The van der Waals surface area contributed by atoms with E-state index in [1.165, 1.54) is 10.9 Å². The Kier molecular flexibility index (Phi) is 11.7. The van der Waals surface area contributed by atoms with Gasteiger partial charge < -0.3 is 34.0 Å². The summed E-state index contributed by atoms with van der Waals surface area (Å²) < 4.78 is 15.1. The van der Waals surface area contributed by atoms with Crippen LogP contribution >= 0.6 is 0 Å². The molecule has 0 amide bonds. The molecule has 0 saturated heterocycles. The van der Waals surface area contributed by atoms with E-state index >= 15 is 0 Å². The first-order valence-electron chi connectivity index (χ1n) is 30.5. The van der Waals surface area contributed by atoms with Gasteiger partial charge in [-0.1, -0.05) is 182 Å². The minimum absolute atomic E-state index is 0.202. The first kappa shape index (κ1) is 50.6. The number of rotatable bonds is 9. The van der Waals surface area contributed by atoms with Crippen molar-refractivity contribution < 1.29 is 9.47 Å². The van der Waals surface area contributed by atoms with Crippen molar-refractivity contribution in [2.75, 3.05) is 24.5 Å². The molecule has 0 bridgehead atoms. The highest BCUT2D eigenvalue weighted by Crippen LogP contribution is 2.52. The van der Waals surface area contributed by atoms with Gasteiger partial charge >= 0.3 is 0 Å². The maximum atomic E-state index is 7.81. The lowest BCUT2D eigenvalue weighted by atomic mass is 9.30. The zero-order chi connectivity index (χ0) is 58.5. The smallest absolute Gasteiger partial charge is 0.256 e. The van der Waals surface area contributed by atoms with Gasteiger partial charge in [0.1, 0.15) is 23.0 Å². The average molecular weight is 1140 g/mol. The van der Waals surface area contributed by atoms with Crippen molar-refractivity contribution in [3.05, 3.63) is 321 Å². The summed E-state index contributed by atoms with van der Waals surface area (Å²) in [4.78, 5) is 12.1. The zero-order valence-electron chi connectivity index (χ0n) is 48.3. The van der Waals surface area contributed by atoms with E-state index in [1.807, 2.05) is 0 Å². The predicted molar refractivity (Wildman–Crippen MR) is 371 cm³/mol. The molecule has 0 aliphatic carbocycles. The van der Waals surface area contributed by atoms with Crippen LogP contribution in [-0.2, 0) is 0 Å². The van der Waals surface area contributed by atoms with E-state index in [4.69, 9.17) is 9.47 Å². The molecule has 5 aliphatic rings. The molecule has 13 aromatic carbocycles. The number of anilines is 15. The lowest BCUT2D eigenvalue weighted by Crippen LogP contribution is -2.64. The molecule has 0 N–H and O–H groups in total. The first-order chi connectivity index (χ1) is 44.2. The third-order valence-electron chi connectivity index (χ3n) is 18.2. The predicted octanol–water partition coefficient (Wildman–Crippen LogP) is 17.4. The van der Waals surface area contributed by atoms with Crippen molar-refractivity contribution in [1.82, 2.24) is 0 Å². The monoisotopic (exact) mass is 1140 g/mol. The van der Waals surface area contributed by atoms with E-state index in [0.717, 1.165) is 141 Å². The van der Waals surface area contributed by atoms with Crippen LogP contribution in [0.3, 0.4) is 0 Å². The van der Waals surface area contributed by atoms with Gasteiger partial charge in [0.2, 0.25) is 0 Å². The highest BCUT2D eigenvalue weighted by Gasteiger charge is 2.48. The molecule has 7 nitrogen and oxygen atoms in total. The molecule has 0 radical (unpaired) electrons. The zero-order valence-corrected chi connectivity index (χ0v) is 48.3. The van der Waals surface area contributed by atoms with Crippen LogP contribution in [0.1, 0.15) is 11.1 Å². The average Bonchev–Trinajstić information content (AvgIpc) is 1.86. The normalized spacial score (nSPS) is 13.2. The Morgan fingerprint density at radius 1 is 0.258 bits per heavy atom. The Balaban J connectivity index is 0.942. The molecule has 0 fully saturated rings. The third-order valence-corrected chi connectivity index (χ3v) is 18.2. The van der Waals surface area contributed by atoms with E-state index in [9.17, 15) is 0 Å². The molecule has 9 heteroatoms. The molecule has 416 valence electrons. The van der Waals surface area contributed by atoms with Crippen LogP contribution in [0.4, 0.5) is 85.3 Å². The van der Waals surface area contributed by atoms with Crippen LogP contribution in [0.25, 0.3) is 12.2 Å². The topological polar surface area (TPSA) is 34.7 Å². The fourth-order valence-electron chi connectivity index (χ4n) is 14.5. The summed E-state index contributed by atoms with van der Waals surface area (Å²) in [6.07, 6.45) is 4.53. The highest BCUT2D eigenvalue weighted by molar-refractivity contribution is 7.02. The molecule has 89 heavy (non-hydrogen) atoms. The SMILES string of the molecule is C1=Cc2c(ccc3c2Oc2cc(N(c4ccccc4)c4ccccc4)cc4c2B3c2cc3c(cc2N4c2ccccc2)N(c2ccccc2)c2cc(N(c4ccccc4)c4ccccc4)cc4c2B3c2ccccc2O4)N(c2ccccc2)c2ccccc21. The van der Waals surface area contributed by atoms with Gasteiger partial charge in [-0.05, 0) is 166 Å². The highest BCUT2D eigenvalue weighted by atomic mass is 16.5. The van der Waals surface area contributed by atoms with Gasteiger partial charge in [0.15, 0.2) is 0 Å². The Morgan fingerprint density at radius 2 is 0.674 bits per heavy atom. The minimum Gasteiger partial charge on any atom is -0.458 e. The molecule has 18 rings (SSSR count). The van der Waals surface area contributed by atoms with Crippen molar-refractivity contribution in [2.45, 2.75) is 0 Å². The Hall–Kier alpha value is -11.7. The van der Waals surface area contributed by atoms with E-state index < -0.39 is 0 Å². The second-order valence-corrected chi connectivity index (χ2v) is 23.2. The molecule has 0 unspecified atom stereocenters. The molecule has 0 atom stereocenters. The lowest BCUT2D eigenvalue weighted by Gasteiger charge is -2.45. The summed E-state index contributed by atoms with van der Waals surface area (Å²) in [5, 5.41) is 0. The summed E-state index contributed by atoms with van der Waals surface area (Å²) in [6, 6.07) is 112.